The third-order valence-corrected chi connectivity index (χ3v) is 3.95. The molecule has 144 valence electrons. The topological polar surface area (TPSA) is 77.0 Å². The second-order valence-corrected chi connectivity index (χ2v) is 6.02. The van der Waals surface area contributed by atoms with Crippen molar-refractivity contribution in [2.75, 3.05) is 19.9 Å². The Hall–Kier alpha value is -2.87. The number of halogens is 2. The van der Waals surface area contributed by atoms with Crippen molar-refractivity contribution in [2.24, 2.45) is 0 Å². The van der Waals surface area contributed by atoms with Crippen LogP contribution in [0.15, 0.2) is 36.4 Å². The summed E-state index contributed by atoms with van der Waals surface area (Å²) < 4.78 is 42.5. The molecule has 1 aliphatic heterocycles. The van der Waals surface area contributed by atoms with Gasteiger partial charge in [0.15, 0.2) is 11.5 Å². The van der Waals surface area contributed by atoms with Gasteiger partial charge in [-0.15, -0.1) is 0 Å². The molecule has 2 aromatic carbocycles. The minimum atomic E-state index is -0.926. The van der Waals surface area contributed by atoms with Gasteiger partial charge in [-0.3, -0.25) is 4.79 Å². The van der Waals surface area contributed by atoms with Gasteiger partial charge in [0.1, 0.15) is 30.1 Å². The second-order valence-electron chi connectivity index (χ2n) is 6.02. The molecule has 1 amide bonds. The zero-order valence-electron chi connectivity index (χ0n) is 14.4. The van der Waals surface area contributed by atoms with Crippen molar-refractivity contribution >= 4 is 5.91 Å². The van der Waals surface area contributed by atoms with E-state index in [0.717, 1.165) is 18.2 Å². The number of ether oxygens (including phenoxy) is 3. The molecule has 0 aromatic heterocycles. The first-order valence-electron chi connectivity index (χ1n) is 8.42. The lowest BCUT2D eigenvalue weighted by atomic mass is 10.1. The van der Waals surface area contributed by atoms with Crippen LogP contribution in [-0.2, 0) is 11.2 Å². The largest absolute Gasteiger partial charge is 0.491 e. The fraction of sp³-hybridized carbons (Fsp3) is 0.316. The zero-order chi connectivity index (χ0) is 19.2. The van der Waals surface area contributed by atoms with Crippen molar-refractivity contribution < 1.29 is 32.9 Å². The number of nitrogens with one attached hydrogen (secondary N) is 1. The van der Waals surface area contributed by atoms with Crippen molar-refractivity contribution in [2.45, 2.75) is 18.9 Å². The number of rotatable bonds is 8. The molecule has 8 heteroatoms. The van der Waals surface area contributed by atoms with Crippen LogP contribution in [0.2, 0.25) is 0 Å². The number of hydrogen-bond donors (Lipinski definition) is 2. The van der Waals surface area contributed by atoms with Gasteiger partial charge in [0.2, 0.25) is 12.7 Å². The summed E-state index contributed by atoms with van der Waals surface area (Å²) in [6.07, 6.45) is -0.875. The Labute approximate surface area is 154 Å². The molecule has 6 nitrogen and oxygen atoms in total. The molecule has 0 fully saturated rings. The Balaban J connectivity index is 1.37. The van der Waals surface area contributed by atoms with Crippen LogP contribution in [0.25, 0.3) is 0 Å². The maximum absolute atomic E-state index is 13.5. The molecule has 1 aliphatic rings. The quantitative estimate of drug-likeness (QED) is 0.735. The number of aliphatic hydroxyl groups is 1. The fourth-order valence-corrected chi connectivity index (χ4v) is 2.52. The lowest BCUT2D eigenvalue weighted by Crippen LogP contribution is -2.35. The van der Waals surface area contributed by atoms with Crippen LogP contribution in [0.4, 0.5) is 8.78 Å². The molecule has 0 saturated heterocycles. The van der Waals surface area contributed by atoms with E-state index >= 15 is 0 Å². The molecule has 2 aromatic rings. The Morgan fingerprint density at radius 2 is 2.00 bits per heavy atom. The molecule has 0 saturated carbocycles. The highest BCUT2D eigenvalue weighted by Gasteiger charge is 2.15. The number of amides is 1. The molecule has 0 radical (unpaired) electrons. The maximum Gasteiger partial charge on any atom is 0.231 e. The predicted octanol–water partition coefficient (Wildman–Crippen LogP) is 2.18. The van der Waals surface area contributed by atoms with Crippen molar-refractivity contribution in [3.8, 4) is 17.2 Å². The van der Waals surface area contributed by atoms with Crippen LogP contribution in [0.1, 0.15) is 12.0 Å². The summed E-state index contributed by atoms with van der Waals surface area (Å²) in [5.74, 6) is 0.223. The van der Waals surface area contributed by atoms with Gasteiger partial charge < -0.3 is 24.6 Å². The van der Waals surface area contributed by atoms with Crippen LogP contribution in [0.3, 0.4) is 0 Å². The van der Waals surface area contributed by atoms with Crippen molar-refractivity contribution in [1.82, 2.24) is 5.32 Å². The monoisotopic (exact) mass is 379 g/mol. The van der Waals surface area contributed by atoms with Crippen LogP contribution < -0.4 is 19.5 Å². The standard InChI is InChI=1S/C19H19F2NO5/c20-13-2-4-16(21)12(7-13)1-6-19(24)22-9-14(23)10-25-15-3-5-17-18(8-15)27-11-26-17/h2-5,7-8,14,23H,1,6,9-11H2,(H,22,24). The minimum absolute atomic E-state index is 0.0177. The van der Waals surface area contributed by atoms with Gasteiger partial charge >= 0.3 is 0 Å². The summed E-state index contributed by atoms with van der Waals surface area (Å²) >= 11 is 0. The van der Waals surface area contributed by atoms with E-state index in [1.807, 2.05) is 0 Å². The number of carbonyl (C=O) groups is 1. The van der Waals surface area contributed by atoms with E-state index in [2.05, 4.69) is 5.32 Å². The van der Waals surface area contributed by atoms with Gasteiger partial charge in [-0.1, -0.05) is 0 Å². The summed E-state index contributed by atoms with van der Waals surface area (Å²) in [6.45, 7) is 0.112. The molecular weight excluding hydrogens is 360 g/mol. The lowest BCUT2D eigenvalue weighted by molar-refractivity contribution is -0.121. The smallest absolute Gasteiger partial charge is 0.231 e. The molecule has 0 aliphatic carbocycles. The zero-order valence-corrected chi connectivity index (χ0v) is 14.4. The summed E-state index contributed by atoms with van der Waals surface area (Å²) in [5.41, 5.74) is 0.136. The number of hydrogen-bond acceptors (Lipinski definition) is 5. The molecule has 0 bridgehead atoms. The van der Waals surface area contributed by atoms with E-state index in [-0.39, 0.29) is 44.3 Å². The number of benzene rings is 2. The van der Waals surface area contributed by atoms with E-state index < -0.39 is 17.7 Å². The normalized spacial score (nSPS) is 13.3. The first-order chi connectivity index (χ1) is 13.0. The van der Waals surface area contributed by atoms with E-state index in [0.29, 0.717) is 17.2 Å². The second kappa shape index (κ2) is 8.68. The third-order valence-electron chi connectivity index (χ3n) is 3.95. The number of aryl methyl sites for hydroxylation is 1. The molecule has 0 spiro atoms. The Morgan fingerprint density at radius 1 is 1.19 bits per heavy atom. The van der Waals surface area contributed by atoms with E-state index in [4.69, 9.17) is 14.2 Å². The highest BCUT2D eigenvalue weighted by molar-refractivity contribution is 5.76. The first-order valence-corrected chi connectivity index (χ1v) is 8.42. The summed E-state index contributed by atoms with van der Waals surface area (Å²) in [7, 11) is 0. The SMILES string of the molecule is O=C(CCc1cc(F)ccc1F)NCC(O)COc1ccc2c(c1)OCO2. The number of aliphatic hydroxyl groups excluding tert-OH is 1. The van der Waals surface area contributed by atoms with Gasteiger partial charge in [0.05, 0.1) is 0 Å². The van der Waals surface area contributed by atoms with Crippen LogP contribution in [0, 0.1) is 11.6 Å². The highest BCUT2D eigenvalue weighted by Crippen LogP contribution is 2.35. The average Bonchev–Trinajstić information content (AvgIpc) is 3.13. The lowest BCUT2D eigenvalue weighted by Gasteiger charge is -2.13. The van der Waals surface area contributed by atoms with Gasteiger partial charge in [-0.2, -0.15) is 0 Å². The van der Waals surface area contributed by atoms with Gasteiger partial charge in [-0.25, -0.2) is 8.78 Å². The van der Waals surface area contributed by atoms with Crippen LogP contribution >= 0.6 is 0 Å². The molecule has 27 heavy (non-hydrogen) atoms. The Bertz CT molecular complexity index is 815. The number of fused-ring (bicyclic) bond motifs is 1. The average molecular weight is 379 g/mol. The fourth-order valence-electron chi connectivity index (χ4n) is 2.52. The minimum Gasteiger partial charge on any atom is -0.491 e. The van der Waals surface area contributed by atoms with Crippen LogP contribution in [0.5, 0.6) is 17.2 Å². The van der Waals surface area contributed by atoms with E-state index in [1.54, 1.807) is 18.2 Å². The van der Waals surface area contributed by atoms with Gasteiger partial charge in [0, 0.05) is 19.0 Å². The van der Waals surface area contributed by atoms with Crippen LogP contribution in [-0.4, -0.2) is 37.1 Å². The highest BCUT2D eigenvalue weighted by atomic mass is 19.1. The van der Waals surface area contributed by atoms with Gasteiger partial charge in [0.25, 0.3) is 0 Å². The molecule has 1 unspecified atom stereocenters. The molecular formula is C19H19F2NO5. The van der Waals surface area contributed by atoms with Gasteiger partial charge in [-0.05, 0) is 42.3 Å². The Kier molecular flexibility index (Phi) is 6.08. The van der Waals surface area contributed by atoms with Crippen molar-refractivity contribution in [3.05, 3.63) is 53.6 Å². The summed E-state index contributed by atoms with van der Waals surface area (Å²) in [5, 5.41) is 12.4. The Morgan fingerprint density at radius 3 is 2.85 bits per heavy atom. The molecule has 2 N–H and O–H groups in total. The number of carbonyl (C=O) groups excluding carboxylic acids is 1. The van der Waals surface area contributed by atoms with Crippen molar-refractivity contribution in [3.63, 3.8) is 0 Å². The maximum atomic E-state index is 13.5. The van der Waals surface area contributed by atoms with E-state index in [9.17, 15) is 18.7 Å². The molecule has 1 heterocycles. The molecule has 1 atom stereocenters. The third kappa shape index (κ3) is 5.30. The molecule has 3 rings (SSSR count). The first kappa shape index (κ1) is 18.9. The summed E-state index contributed by atoms with van der Waals surface area (Å²) in [4.78, 5) is 11.8. The predicted molar refractivity (Wildman–Crippen MR) is 91.8 cm³/mol. The van der Waals surface area contributed by atoms with Crippen molar-refractivity contribution in [1.29, 1.82) is 0 Å². The summed E-state index contributed by atoms with van der Waals surface area (Å²) in [6, 6.07) is 8.16. The van der Waals surface area contributed by atoms with E-state index in [1.165, 1.54) is 0 Å².